The van der Waals surface area contributed by atoms with E-state index in [1.165, 1.54) is 11.3 Å². The third-order valence-corrected chi connectivity index (χ3v) is 4.97. The molecule has 2 heterocycles. The summed E-state index contributed by atoms with van der Waals surface area (Å²) in [7, 11) is 7.15. The predicted molar refractivity (Wildman–Crippen MR) is 119 cm³/mol. The molecule has 0 spiro atoms. The number of aryl methyl sites for hydroxylation is 1. The van der Waals surface area contributed by atoms with Crippen LogP contribution in [0.5, 0.6) is 11.5 Å². The van der Waals surface area contributed by atoms with Gasteiger partial charge in [-0.2, -0.15) is 26.3 Å². The molecule has 1 aromatic heterocycles. The molecule has 214 valence electrons. The fourth-order valence-corrected chi connectivity index (χ4v) is 3.48. The number of aromatic nitrogens is 2. The molecule has 0 aliphatic carbocycles. The van der Waals surface area contributed by atoms with E-state index >= 15 is 0 Å². The molecular formula is C22H27F6N3O7. The molecule has 2 aromatic rings. The van der Waals surface area contributed by atoms with Gasteiger partial charge >= 0.3 is 24.3 Å². The Bertz CT molecular complexity index is 1030. The lowest BCUT2D eigenvalue weighted by molar-refractivity contribution is -0.193. The average molecular weight is 559 g/mol. The Kier molecular flexibility index (Phi) is 11.8. The molecule has 0 radical (unpaired) electrons. The number of benzene rings is 1. The number of nitrogens with zero attached hydrogens (tertiary/aromatic N) is 3. The van der Waals surface area contributed by atoms with Crippen LogP contribution in [0.1, 0.15) is 22.9 Å². The maximum atomic E-state index is 10.6. The van der Waals surface area contributed by atoms with E-state index in [1.54, 1.807) is 21.3 Å². The van der Waals surface area contributed by atoms with Gasteiger partial charge in [-0.1, -0.05) is 0 Å². The van der Waals surface area contributed by atoms with Crippen LogP contribution in [0.4, 0.5) is 26.3 Å². The molecule has 3 rings (SSSR count). The number of rotatable bonds is 6. The first-order valence-electron chi connectivity index (χ1n) is 10.6. The number of methoxy groups -OCH3 is 3. The summed E-state index contributed by atoms with van der Waals surface area (Å²) in [6, 6.07) is 6.01. The van der Waals surface area contributed by atoms with E-state index in [0.717, 1.165) is 36.8 Å². The van der Waals surface area contributed by atoms with Crippen LogP contribution >= 0.6 is 0 Å². The van der Waals surface area contributed by atoms with Gasteiger partial charge in [0.1, 0.15) is 11.5 Å². The lowest BCUT2D eigenvalue weighted by Crippen LogP contribution is -2.35. The third-order valence-electron chi connectivity index (χ3n) is 4.97. The molecule has 0 saturated carbocycles. The summed E-state index contributed by atoms with van der Waals surface area (Å²) in [5.41, 5.74) is 3.60. The Labute approximate surface area is 213 Å². The Hall–Kier alpha value is -3.53. The number of aliphatic carboxylic acids is 2. The van der Waals surface area contributed by atoms with Crippen molar-refractivity contribution >= 4 is 11.9 Å². The molecule has 1 unspecified atom stereocenters. The van der Waals surface area contributed by atoms with E-state index in [4.69, 9.17) is 34.0 Å². The highest BCUT2D eigenvalue weighted by atomic mass is 19.4. The Morgan fingerprint density at radius 2 is 1.45 bits per heavy atom. The van der Waals surface area contributed by atoms with Gasteiger partial charge < -0.3 is 29.0 Å². The molecule has 38 heavy (non-hydrogen) atoms. The van der Waals surface area contributed by atoms with Crippen molar-refractivity contribution in [2.24, 2.45) is 7.05 Å². The van der Waals surface area contributed by atoms with Crippen LogP contribution in [-0.4, -0.2) is 83.4 Å². The van der Waals surface area contributed by atoms with Crippen molar-refractivity contribution in [3.63, 3.8) is 0 Å². The largest absolute Gasteiger partial charge is 0.497 e. The fraction of sp³-hybridized carbons (Fsp3) is 0.500. The van der Waals surface area contributed by atoms with Crippen LogP contribution < -0.4 is 9.47 Å². The molecule has 1 aliphatic heterocycles. The highest BCUT2D eigenvalue weighted by molar-refractivity contribution is 5.73. The summed E-state index contributed by atoms with van der Waals surface area (Å²) in [5, 5.41) is 14.2. The topological polar surface area (TPSA) is 123 Å². The smallest absolute Gasteiger partial charge is 0.490 e. The second kappa shape index (κ2) is 13.9. The number of carbonyl (C=O) groups is 2. The van der Waals surface area contributed by atoms with Gasteiger partial charge in [0.05, 0.1) is 32.8 Å². The number of alkyl halides is 6. The maximum absolute atomic E-state index is 10.6. The molecule has 1 aliphatic rings. The van der Waals surface area contributed by atoms with Crippen molar-refractivity contribution < 1.29 is 60.4 Å². The summed E-state index contributed by atoms with van der Waals surface area (Å²) < 4.78 is 81.8. The number of fused-ring (bicyclic) bond motifs is 1. The number of hydrogen-bond acceptors (Lipinski definition) is 7. The van der Waals surface area contributed by atoms with Crippen molar-refractivity contribution in [2.75, 3.05) is 34.5 Å². The van der Waals surface area contributed by atoms with Gasteiger partial charge in [-0.25, -0.2) is 14.6 Å². The number of hydrogen-bond donors (Lipinski definition) is 2. The van der Waals surface area contributed by atoms with Crippen molar-refractivity contribution in [3.05, 3.63) is 41.5 Å². The Morgan fingerprint density at radius 3 is 1.84 bits per heavy atom. The van der Waals surface area contributed by atoms with E-state index in [2.05, 4.69) is 33.6 Å². The highest BCUT2D eigenvalue weighted by Crippen LogP contribution is 2.30. The van der Waals surface area contributed by atoms with Crippen molar-refractivity contribution in [2.45, 2.75) is 31.4 Å². The minimum absolute atomic E-state index is 0.332. The lowest BCUT2D eigenvalue weighted by atomic mass is 9.98. The average Bonchev–Trinajstić information content (AvgIpc) is 3.19. The monoisotopic (exact) mass is 559 g/mol. The van der Waals surface area contributed by atoms with Crippen LogP contribution in [-0.2, 0) is 34.5 Å². The number of carboxylic acids is 2. The van der Waals surface area contributed by atoms with Crippen molar-refractivity contribution in [1.29, 1.82) is 0 Å². The molecular weight excluding hydrogens is 532 g/mol. The fourth-order valence-electron chi connectivity index (χ4n) is 3.48. The van der Waals surface area contributed by atoms with E-state index in [-0.39, 0.29) is 0 Å². The summed E-state index contributed by atoms with van der Waals surface area (Å²) in [4.78, 5) is 24.8. The molecule has 1 atom stereocenters. The Morgan fingerprint density at radius 1 is 0.974 bits per heavy atom. The predicted octanol–water partition coefficient (Wildman–Crippen LogP) is 3.45. The van der Waals surface area contributed by atoms with Gasteiger partial charge in [0, 0.05) is 51.5 Å². The van der Waals surface area contributed by atoms with Gasteiger partial charge in [0.2, 0.25) is 0 Å². The zero-order valence-corrected chi connectivity index (χ0v) is 20.8. The van der Waals surface area contributed by atoms with Crippen molar-refractivity contribution in [1.82, 2.24) is 14.5 Å². The van der Waals surface area contributed by atoms with Gasteiger partial charge in [0.15, 0.2) is 0 Å². The molecule has 0 bridgehead atoms. The van der Waals surface area contributed by atoms with E-state index in [9.17, 15) is 26.3 Å². The van der Waals surface area contributed by atoms with Crippen LogP contribution in [0.2, 0.25) is 0 Å². The van der Waals surface area contributed by atoms with Crippen LogP contribution in [0.15, 0.2) is 24.5 Å². The highest BCUT2D eigenvalue weighted by Gasteiger charge is 2.39. The zero-order chi connectivity index (χ0) is 29.3. The van der Waals surface area contributed by atoms with Gasteiger partial charge in [0.25, 0.3) is 0 Å². The van der Waals surface area contributed by atoms with Crippen LogP contribution in [0, 0.1) is 0 Å². The normalized spacial score (nSPS) is 15.3. The number of halogens is 6. The summed E-state index contributed by atoms with van der Waals surface area (Å²) >= 11 is 0. The quantitative estimate of drug-likeness (QED) is 0.513. The van der Waals surface area contributed by atoms with Crippen LogP contribution in [0.25, 0.3) is 0 Å². The number of ether oxygens (including phenoxy) is 3. The lowest BCUT2D eigenvalue weighted by Gasteiger charge is -2.32. The molecule has 0 amide bonds. The molecule has 10 nitrogen and oxygen atoms in total. The summed E-state index contributed by atoms with van der Waals surface area (Å²) in [6.45, 7) is 3.31. The first kappa shape index (κ1) is 32.5. The summed E-state index contributed by atoms with van der Waals surface area (Å²) in [5.74, 6) is -3.56. The van der Waals surface area contributed by atoms with Gasteiger partial charge in [-0.15, -0.1) is 0 Å². The molecule has 16 heteroatoms. The number of imidazole rings is 1. The maximum Gasteiger partial charge on any atom is 0.490 e. The standard InChI is InChI=1S/C18H25N3O3.2C2HF3O2/c1-20-12-19-17-10-21(9-14(11-22-2)18(17)20)8-13-5-15(23-3)7-16(6-13)24-4;2*3-2(4,5)1(6)7/h5-7,12,14H,8-11H2,1-4H3;2*(H,6,7). The minimum Gasteiger partial charge on any atom is -0.497 e. The SMILES string of the molecule is COCC1CN(Cc2cc(OC)cc(OC)c2)Cc2ncn(C)c21.O=C(O)C(F)(F)F.O=C(O)C(F)(F)F. The van der Waals surface area contributed by atoms with Crippen molar-refractivity contribution in [3.8, 4) is 11.5 Å². The second-order valence-electron chi connectivity index (χ2n) is 7.84. The zero-order valence-electron chi connectivity index (χ0n) is 20.8. The van der Waals surface area contributed by atoms with E-state index in [0.29, 0.717) is 12.5 Å². The minimum atomic E-state index is -5.08. The van der Waals surface area contributed by atoms with Crippen LogP contribution in [0.3, 0.4) is 0 Å². The molecule has 2 N–H and O–H groups in total. The van der Waals surface area contributed by atoms with Gasteiger partial charge in [-0.3, -0.25) is 4.90 Å². The summed E-state index contributed by atoms with van der Waals surface area (Å²) in [6.07, 6.45) is -8.27. The first-order chi connectivity index (χ1) is 17.5. The van der Waals surface area contributed by atoms with E-state index in [1.807, 2.05) is 12.4 Å². The molecule has 0 fully saturated rings. The van der Waals surface area contributed by atoms with E-state index < -0.39 is 24.3 Å². The molecule has 0 saturated heterocycles. The first-order valence-corrected chi connectivity index (χ1v) is 10.6. The third kappa shape index (κ3) is 10.1. The second-order valence-corrected chi connectivity index (χ2v) is 7.84. The Balaban J connectivity index is 0.000000426. The van der Waals surface area contributed by atoms with Gasteiger partial charge in [-0.05, 0) is 17.7 Å². The molecule has 1 aromatic carbocycles. The number of carboxylic acid groups (broad SMARTS) is 2.